The Balaban J connectivity index is 2.03. The van der Waals surface area contributed by atoms with Gasteiger partial charge in [-0.25, -0.2) is 0 Å². The molecular weight excluding hydrogens is 302 g/mol. The molecule has 0 radical (unpaired) electrons. The molecule has 0 amide bonds. The molecule has 2 aromatic rings. The lowest BCUT2D eigenvalue weighted by molar-refractivity contribution is -0.897. The van der Waals surface area contributed by atoms with Crippen LogP contribution in [0.4, 0.5) is 0 Å². The number of ether oxygens (including phenoxy) is 2. The molecule has 6 nitrogen and oxygen atoms in total. The second-order valence-corrected chi connectivity index (χ2v) is 5.73. The highest BCUT2D eigenvalue weighted by Crippen LogP contribution is 2.34. The minimum Gasteiger partial charge on any atom is -0.454 e. The molecule has 3 rings (SSSR count). The van der Waals surface area contributed by atoms with E-state index in [2.05, 4.69) is 18.8 Å². The van der Waals surface area contributed by atoms with E-state index < -0.39 is 0 Å². The Labute approximate surface area is 133 Å². The van der Waals surface area contributed by atoms with Gasteiger partial charge in [-0.15, -0.1) is 0 Å². The van der Waals surface area contributed by atoms with Gasteiger partial charge in [0.05, 0.1) is 37.1 Å². The maximum atomic E-state index is 12.7. The minimum absolute atomic E-state index is 0.0800. The predicted octanol–water partition coefficient (Wildman–Crippen LogP) is 0.712. The molecule has 0 atom stereocenters. The van der Waals surface area contributed by atoms with Crippen LogP contribution in [0, 0.1) is 4.77 Å². The van der Waals surface area contributed by atoms with Crippen molar-refractivity contribution < 1.29 is 14.4 Å². The number of aromatic amines is 1. The molecule has 0 spiro atoms. The van der Waals surface area contributed by atoms with Crippen molar-refractivity contribution >= 4 is 23.1 Å². The maximum Gasteiger partial charge on any atom is 0.262 e. The van der Waals surface area contributed by atoms with Crippen LogP contribution in [0.1, 0.15) is 13.8 Å². The monoisotopic (exact) mass is 322 g/mol. The van der Waals surface area contributed by atoms with Crippen LogP contribution < -0.4 is 19.9 Å². The third-order valence-corrected chi connectivity index (χ3v) is 4.49. The number of hydrogen-bond donors (Lipinski definition) is 2. The van der Waals surface area contributed by atoms with Gasteiger partial charge in [0.25, 0.3) is 5.56 Å². The number of benzene rings is 1. The average molecular weight is 322 g/mol. The Morgan fingerprint density at radius 1 is 1.27 bits per heavy atom. The first-order valence-electron chi connectivity index (χ1n) is 7.54. The molecule has 2 heterocycles. The van der Waals surface area contributed by atoms with Crippen LogP contribution >= 0.6 is 12.2 Å². The number of nitrogens with one attached hydrogen (secondary N) is 2. The van der Waals surface area contributed by atoms with Gasteiger partial charge >= 0.3 is 0 Å². The molecule has 1 aliphatic heterocycles. The highest BCUT2D eigenvalue weighted by Gasteiger charge is 2.17. The summed E-state index contributed by atoms with van der Waals surface area (Å²) in [6.07, 6.45) is 0. The van der Waals surface area contributed by atoms with Crippen molar-refractivity contribution in [2.45, 2.75) is 20.4 Å². The van der Waals surface area contributed by atoms with Gasteiger partial charge in [0.15, 0.2) is 16.3 Å². The molecule has 1 aromatic heterocycles. The molecule has 0 unspecified atom stereocenters. The van der Waals surface area contributed by atoms with Gasteiger partial charge in [0, 0.05) is 6.07 Å². The summed E-state index contributed by atoms with van der Waals surface area (Å²) in [4.78, 5) is 17.3. The van der Waals surface area contributed by atoms with Gasteiger partial charge in [-0.3, -0.25) is 9.36 Å². The van der Waals surface area contributed by atoms with E-state index in [1.54, 1.807) is 16.7 Å². The number of nitrogens with zero attached hydrogens (tertiary/aromatic N) is 1. The number of aromatic nitrogens is 2. The van der Waals surface area contributed by atoms with Crippen LogP contribution in [0.3, 0.4) is 0 Å². The molecule has 0 bridgehead atoms. The smallest absolute Gasteiger partial charge is 0.262 e. The summed E-state index contributed by atoms with van der Waals surface area (Å²) in [7, 11) is 0. The Morgan fingerprint density at radius 3 is 2.64 bits per heavy atom. The zero-order chi connectivity index (χ0) is 15.7. The van der Waals surface area contributed by atoms with E-state index in [0.717, 1.165) is 19.6 Å². The fourth-order valence-corrected chi connectivity index (χ4v) is 3.00. The van der Waals surface area contributed by atoms with Gasteiger partial charge < -0.3 is 19.4 Å². The summed E-state index contributed by atoms with van der Waals surface area (Å²) in [6, 6.07) is 3.50. The Kier molecular flexibility index (Phi) is 4.17. The van der Waals surface area contributed by atoms with Crippen LogP contribution in [-0.2, 0) is 6.54 Å². The van der Waals surface area contributed by atoms with Gasteiger partial charge in [0.1, 0.15) is 0 Å². The molecular formula is C15H20N3O3S+. The van der Waals surface area contributed by atoms with Gasteiger partial charge in [-0.1, -0.05) is 0 Å². The van der Waals surface area contributed by atoms with Crippen LogP contribution in [0.5, 0.6) is 11.5 Å². The van der Waals surface area contributed by atoms with Crippen molar-refractivity contribution in [1.29, 1.82) is 0 Å². The SMILES string of the molecule is CC[NH+](CC)CCn1c(=S)[nH]c2cc3c(cc2c1=O)OCO3. The number of H-pyrrole nitrogens is 1. The third-order valence-electron chi connectivity index (χ3n) is 4.16. The number of hydrogen-bond acceptors (Lipinski definition) is 4. The van der Waals surface area contributed by atoms with Crippen molar-refractivity contribution in [3.63, 3.8) is 0 Å². The highest BCUT2D eigenvalue weighted by atomic mass is 32.1. The quantitative estimate of drug-likeness (QED) is 0.796. The predicted molar refractivity (Wildman–Crippen MR) is 86.4 cm³/mol. The molecule has 0 aliphatic carbocycles. The minimum atomic E-state index is -0.0800. The van der Waals surface area contributed by atoms with E-state index in [-0.39, 0.29) is 12.4 Å². The molecule has 0 fully saturated rings. The second kappa shape index (κ2) is 6.10. The second-order valence-electron chi connectivity index (χ2n) is 5.35. The molecule has 0 saturated heterocycles. The van der Waals surface area contributed by atoms with Crippen molar-refractivity contribution in [1.82, 2.24) is 9.55 Å². The van der Waals surface area contributed by atoms with Crippen molar-refractivity contribution in [2.24, 2.45) is 0 Å². The van der Waals surface area contributed by atoms with Crippen LogP contribution in [0.15, 0.2) is 16.9 Å². The van der Waals surface area contributed by atoms with Crippen molar-refractivity contribution in [3.05, 3.63) is 27.3 Å². The molecule has 118 valence electrons. The standard InChI is InChI=1S/C15H19N3O3S/c1-3-17(4-2)5-6-18-14(19)10-7-12-13(21-9-20-12)8-11(10)16-15(18)22/h7-8H,3-6,9H2,1-2H3,(H,16,22)/p+1. The summed E-state index contributed by atoms with van der Waals surface area (Å²) < 4.78 is 12.8. The lowest BCUT2D eigenvalue weighted by Crippen LogP contribution is -3.11. The van der Waals surface area contributed by atoms with Gasteiger partial charge in [0.2, 0.25) is 6.79 Å². The largest absolute Gasteiger partial charge is 0.454 e. The first kappa shape index (κ1) is 15.1. The molecule has 22 heavy (non-hydrogen) atoms. The lowest BCUT2D eigenvalue weighted by atomic mass is 10.2. The molecule has 1 aliphatic rings. The summed E-state index contributed by atoms with van der Waals surface area (Å²) in [5.74, 6) is 1.25. The van der Waals surface area contributed by atoms with Crippen LogP contribution in [0.25, 0.3) is 10.9 Å². The van der Waals surface area contributed by atoms with Gasteiger partial charge in [-0.2, -0.15) is 0 Å². The molecule has 1 aromatic carbocycles. The van der Waals surface area contributed by atoms with E-state index in [4.69, 9.17) is 21.7 Å². The first-order chi connectivity index (χ1) is 10.6. The average Bonchev–Trinajstić information content (AvgIpc) is 2.96. The summed E-state index contributed by atoms with van der Waals surface area (Å²) in [6.45, 7) is 8.02. The molecule has 0 saturated carbocycles. The molecule has 7 heteroatoms. The van der Waals surface area contributed by atoms with Crippen LogP contribution in [-0.4, -0.2) is 36.0 Å². The summed E-state index contributed by atoms with van der Waals surface area (Å²) in [5, 5.41) is 0.576. The lowest BCUT2D eigenvalue weighted by Gasteiger charge is -2.16. The maximum absolute atomic E-state index is 12.7. The summed E-state index contributed by atoms with van der Waals surface area (Å²) >= 11 is 5.35. The number of likely N-dealkylation sites (N-methyl/N-ethyl adjacent to an activating group) is 1. The fraction of sp³-hybridized carbons (Fsp3) is 0.467. The zero-order valence-corrected chi connectivity index (χ0v) is 13.6. The van der Waals surface area contributed by atoms with E-state index >= 15 is 0 Å². The fourth-order valence-electron chi connectivity index (χ4n) is 2.72. The van der Waals surface area contributed by atoms with Gasteiger partial charge in [-0.05, 0) is 32.1 Å². The zero-order valence-electron chi connectivity index (χ0n) is 12.8. The van der Waals surface area contributed by atoms with E-state index in [9.17, 15) is 4.79 Å². The van der Waals surface area contributed by atoms with E-state index in [0.29, 0.717) is 33.7 Å². The van der Waals surface area contributed by atoms with E-state index in [1.807, 2.05) is 0 Å². The Bertz CT molecular complexity index is 808. The van der Waals surface area contributed by atoms with E-state index in [1.165, 1.54) is 4.90 Å². The van der Waals surface area contributed by atoms with Crippen molar-refractivity contribution in [3.8, 4) is 11.5 Å². The highest BCUT2D eigenvalue weighted by molar-refractivity contribution is 7.71. The number of rotatable bonds is 5. The number of quaternary nitrogens is 1. The third kappa shape index (κ3) is 2.62. The Hall–Kier alpha value is -1.86. The first-order valence-corrected chi connectivity index (χ1v) is 7.95. The van der Waals surface area contributed by atoms with Crippen molar-refractivity contribution in [2.75, 3.05) is 26.4 Å². The topological polar surface area (TPSA) is 60.7 Å². The Morgan fingerprint density at radius 2 is 1.95 bits per heavy atom. The van der Waals surface area contributed by atoms with Crippen LogP contribution in [0.2, 0.25) is 0 Å². The summed E-state index contributed by atoms with van der Waals surface area (Å²) in [5.41, 5.74) is 0.606. The molecule has 2 N–H and O–H groups in total. The number of fused-ring (bicyclic) bond motifs is 2. The normalized spacial score (nSPS) is 13.2.